The second-order valence-electron chi connectivity index (χ2n) is 7.70. The van der Waals surface area contributed by atoms with Crippen LogP contribution in [0.3, 0.4) is 0 Å². The first-order chi connectivity index (χ1) is 14.4. The molecule has 30 heavy (non-hydrogen) atoms. The van der Waals surface area contributed by atoms with Crippen molar-refractivity contribution in [2.45, 2.75) is 33.2 Å². The summed E-state index contributed by atoms with van der Waals surface area (Å²) in [6.45, 7) is 6.09. The number of carbonyl (C=O) groups is 2. The molecule has 0 saturated heterocycles. The molecule has 154 valence electrons. The smallest absolute Gasteiger partial charge is 0.258 e. The number of aryl methyl sites for hydroxylation is 1. The molecule has 2 aromatic carbocycles. The first-order valence-electron chi connectivity index (χ1n) is 10.1. The highest BCUT2D eigenvalue weighted by molar-refractivity contribution is 6.00. The van der Waals surface area contributed by atoms with E-state index in [9.17, 15) is 9.59 Å². The Hall–Kier alpha value is -3.41. The molecule has 0 radical (unpaired) electrons. The number of aromatic nitrogens is 2. The van der Waals surface area contributed by atoms with Crippen LogP contribution in [0.5, 0.6) is 5.75 Å². The fourth-order valence-electron chi connectivity index (χ4n) is 3.71. The third-order valence-corrected chi connectivity index (χ3v) is 5.67. The lowest BCUT2D eigenvalue weighted by atomic mass is 9.96. The number of ether oxygens (including phenoxy) is 1. The molecule has 1 aromatic heterocycles. The summed E-state index contributed by atoms with van der Waals surface area (Å²) in [7, 11) is 0. The van der Waals surface area contributed by atoms with Crippen molar-refractivity contribution in [3.8, 4) is 11.4 Å². The van der Waals surface area contributed by atoms with E-state index in [2.05, 4.69) is 17.2 Å². The topological polar surface area (TPSA) is 64.4 Å². The van der Waals surface area contributed by atoms with Crippen molar-refractivity contribution in [1.29, 1.82) is 0 Å². The minimum absolute atomic E-state index is 0.0311. The van der Waals surface area contributed by atoms with Crippen LogP contribution in [0.1, 0.15) is 40.9 Å². The third kappa shape index (κ3) is 3.85. The molecule has 0 saturated carbocycles. The van der Waals surface area contributed by atoms with E-state index >= 15 is 0 Å². The van der Waals surface area contributed by atoms with Crippen LogP contribution in [0.4, 0.5) is 0 Å². The van der Waals surface area contributed by atoms with E-state index in [0.717, 1.165) is 22.4 Å². The molecule has 0 bridgehead atoms. The highest BCUT2D eigenvalue weighted by Gasteiger charge is 2.29. The lowest BCUT2D eigenvalue weighted by Gasteiger charge is -2.25. The number of rotatable bonds is 5. The first kappa shape index (κ1) is 19.9. The van der Waals surface area contributed by atoms with Crippen LogP contribution in [-0.2, 0) is 11.2 Å². The molecular formula is C24H25N3O3. The maximum Gasteiger partial charge on any atom is 0.258 e. The third-order valence-electron chi connectivity index (χ3n) is 5.67. The Morgan fingerprint density at radius 1 is 1.23 bits per heavy atom. The molecule has 1 unspecified atom stereocenters. The van der Waals surface area contributed by atoms with Crippen LogP contribution in [0.25, 0.3) is 5.69 Å². The lowest BCUT2D eigenvalue weighted by Crippen LogP contribution is -2.43. The van der Waals surface area contributed by atoms with Gasteiger partial charge in [0.05, 0.1) is 23.8 Å². The highest BCUT2D eigenvalue weighted by Crippen LogP contribution is 2.29. The van der Waals surface area contributed by atoms with Gasteiger partial charge in [0.25, 0.3) is 5.91 Å². The van der Waals surface area contributed by atoms with Gasteiger partial charge in [0.2, 0.25) is 0 Å². The lowest BCUT2D eigenvalue weighted by molar-refractivity contribution is -0.120. The van der Waals surface area contributed by atoms with E-state index in [-0.39, 0.29) is 11.7 Å². The van der Waals surface area contributed by atoms with E-state index < -0.39 is 6.04 Å². The summed E-state index contributed by atoms with van der Waals surface area (Å²) in [5.74, 6) is 0.408. The molecule has 0 aliphatic carbocycles. The second kappa shape index (κ2) is 8.14. The van der Waals surface area contributed by atoms with Crippen LogP contribution in [0, 0.1) is 6.92 Å². The molecule has 1 aliphatic rings. The van der Waals surface area contributed by atoms with Crippen molar-refractivity contribution >= 4 is 11.7 Å². The Kier molecular flexibility index (Phi) is 5.40. The number of nitrogens with zero attached hydrogens (tertiary/aromatic N) is 3. The molecule has 1 atom stereocenters. The molecule has 0 fully saturated rings. The molecule has 1 amide bonds. The molecule has 1 aliphatic heterocycles. The van der Waals surface area contributed by atoms with Crippen LogP contribution >= 0.6 is 0 Å². The Morgan fingerprint density at radius 3 is 2.67 bits per heavy atom. The zero-order valence-electron chi connectivity index (χ0n) is 17.5. The molecule has 0 N–H and O–H groups in total. The quantitative estimate of drug-likeness (QED) is 0.653. The summed E-state index contributed by atoms with van der Waals surface area (Å²) in [4.78, 5) is 26.6. The summed E-state index contributed by atoms with van der Waals surface area (Å²) >= 11 is 0. The summed E-state index contributed by atoms with van der Waals surface area (Å²) in [5, 5.41) is 4.25. The van der Waals surface area contributed by atoms with E-state index in [0.29, 0.717) is 30.9 Å². The van der Waals surface area contributed by atoms with Crippen LogP contribution in [-0.4, -0.2) is 45.6 Å². The molecule has 0 spiro atoms. The van der Waals surface area contributed by atoms with Crippen molar-refractivity contribution in [2.75, 3.05) is 13.2 Å². The van der Waals surface area contributed by atoms with Gasteiger partial charge in [0.15, 0.2) is 5.78 Å². The summed E-state index contributed by atoms with van der Waals surface area (Å²) in [6, 6.07) is 13.5. The largest absolute Gasteiger partial charge is 0.491 e. The maximum atomic E-state index is 13.2. The van der Waals surface area contributed by atoms with Gasteiger partial charge in [-0.1, -0.05) is 12.1 Å². The average molecular weight is 403 g/mol. The van der Waals surface area contributed by atoms with Crippen molar-refractivity contribution in [3.05, 3.63) is 77.1 Å². The number of Topliss-reactive ketones (excluding diaryl/α,β-unsaturated/α-hetero) is 1. The van der Waals surface area contributed by atoms with Gasteiger partial charge in [-0.3, -0.25) is 9.59 Å². The number of benzene rings is 2. The van der Waals surface area contributed by atoms with E-state index in [1.165, 1.54) is 6.92 Å². The Balaban J connectivity index is 1.62. The summed E-state index contributed by atoms with van der Waals surface area (Å²) in [5.41, 5.74) is 4.81. The van der Waals surface area contributed by atoms with E-state index in [4.69, 9.17) is 4.74 Å². The van der Waals surface area contributed by atoms with Crippen LogP contribution in [0.15, 0.2) is 54.9 Å². The molecule has 3 aromatic rings. The highest BCUT2D eigenvalue weighted by atomic mass is 16.5. The number of amides is 1. The number of hydrogen-bond donors (Lipinski definition) is 0. The maximum absolute atomic E-state index is 13.2. The monoisotopic (exact) mass is 403 g/mol. The fraction of sp³-hybridized carbons (Fsp3) is 0.292. The minimum Gasteiger partial charge on any atom is -0.491 e. The number of fused-ring (bicyclic) bond motifs is 1. The molecule has 6 nitrogen and oxygen atoms in total. The normalized spacial score (nSPS) is 14.6. The standard InChI is InChI=1S/C24H25N3O3/c1-16-13-23-22(24(29)26(11-12-30-23)17(2)18(3)28)15-20(16)14-19-5-7-21(8-6-19)27-10-4-9-25-27/h4-10,13,15,17H,11-12,14H2,1-3H3. The van der Waals surface area contributed by atoms with Crippen molar-refractivity contribution in [1.82, 2.24) is 14.7 Å². The van der Waals surface area contributed by atoms with Crippen LogP contribution < -0.4 is 4.74 Å². The van der Waals surface area contributed by atoms with E-state index in [1.54, 1.807) is 18.0 Å². The zero-order chi connectivity index (χ0) is 21.3. The predicted octanol–water partition coefficient (Wildman–Crippen LogP) is 3.58. The predicted molar refractivity (Wildman–Crippen MR) is 114 cm³/mol. The summed E-state index contributed by atoms with van der Waals surface area (Å²) in [6.07, 6.45) is 4.36. The number of hydrogen-bond acceptors (Lipinski definition) is 4. The van der Waals surface area contributed by atoms with Gasteiger partial charge >= 0.3 is 0 Å². The average Bonchev–Trinajstić information content (AvgIpc) is 3.22. The SMILES string of the molecule is CC(=O)C(C)N1CCOc2cc(C)c(Cc3ccc(-n4cccn4)cc3)cc2C1=O. The van der Waals surface area contributed by atoms with Gasteiger partial charge < -0.3 is 9.64 Å². The molecule has 2 heterocycles. The zero-order valence-corrected chi connectivity index (χ0v) is 17.5. The van der Waals surface area contributed by atoms with Gasteiger partial charge in [-0.15, -0.1) is 0 Å². The van der Waals surface area contributed by atoms with Gasteiger partial charge in [0.1, 0.15) is 12.4 Å². The molecule has 6 heteroatoms. The minimum atomic E-state index is -0.466. The van der Waals surface area contributed by atoms with Gasteiger partial charge in [0, 0.05) is 12.4 Å². The molecular weight excluding hydrogens is 378 g/mol. The molecule has 4 rings (SSSR count). The van der Waals surface area contributed by atoms with Crippen molar-refractivity contribution in [2.24, 2.45) is 0 Å². The van der Waals surface area contributed by atoms with Gasteiger partial charge in [-0.2, -0.15) is 5.10 Å². The van der Waals surface area contributed by atoms with Gasteiger partial charge in [-0.05, 0) is 74.2 Å². The Labute approximate surface area is 176 Å². The summed E-state index contributed by atoms with van der Waals surface area (Å²) < 4.78 is 7.66. The Morgan fingerprint density at radius 2 is 2.00 bits per heavy atom. The van der Waals surface area contributed by atoms with Gasteiger partial charge in [-0.25, -0.2) is 4.68 Å². The Bertz CT molecular complexity index is 1070. The van der Waals surface area contributed by atoms with Crippen molar-refractivity contribution < 1.29 is 14.3 Å². The van der Waals surface area contributed by atoms with Crippen molar-refractivity contribution in [3.63, 3.8) is 0 Å². The first-order valence-corrected chi connectivity index (χ1v) is 10.1. The van der Waals surface area contributed by atoms with Crippen LogP contribution in [0.2, 0.25) is 0 Å². The second-order valence-corrected chi connectivity index (χ2v) is 7.70. The number of ketones is 1. The number of carbonyl (C=O) groups excluding carboxylic acids is 2. The fourth-order valence-corrected chi connectivity index (χ4v) is 3.71. The van der Waals surface area contributed by atoms with E-state index in [1.807, 2.05) is 48.1 Å².